The quantitative estimate of drug-likeness (QED) is 0.476. The molecule has 0 spiro atoms. The van der Waals surface area contributed by atoms with E-state index in [0.717, 1.165) is 22.3 Å². The van der Waals surface area contributed by atoms with Crippen LogP contribution < -0.4 is 5.73 Å². The molecule has 0 saturated heterocycles. The maximum atomic E-state index is 12.7. The first kappa shape index (κ1) is 23.5. The van der Waals surface area contributed by atoms with Crippen molar-refractivity contribution in [1.82, 2.24) is 0 Å². The number of ether oxygens (including phenoxy) is 2. The first-order valence-corrected chi connectivity index (χ1v) is 10.6. The van der Waals surface area contributed by atoms with Crippen LogP contribution in [-0.4, -0.2) is 40.8 Å². The molecular weight excluding hydrogens is 410 g/mol. The highest BCUT2D eigenvalue weighted by Gasteiger charge is 2.44. The van der Waals surface area contributed by atoms with E-state index in [2.05, 4.69) is 0 Å². The Morgan fingerprint density at radius 2 is 1.50 bits per heavy atom. The van der Waals surface area contributed by atoms with Gasteiger partial charge in [-0.05, 0) is 55.9 Å². The highest BCUT2D eigenvalue weighted by atomic mass is 16.6. The normalized spacial score (nSPS) is 14.8. The molecule has 1 aliphatic carbocycles. The number of hydrogen-bond acceptors (Lipinski definition) is 6. The molecule has 3 N–H and O–H groups in total. The molecule has 7 nitrogen and oxygen atoms in total. The molecule has 32 heavy (non-hydrogen) atoms. The summed E-state index contributed by atoms with van der Waals surface area (Å²) in [5, 5.41) is 9.62. The lowest BCUT2D eigenvalue weighted by atomic mass is 9.93. The van der Waals surface area contributed by atoms with Gasteiger partial charge in [-0.15, -0.1) is 0 Å². The van der Waals surface area contributed by atoms with Crippen molar-refractivity contribution >= 4 is 17.9 Å². The molecule has 2 aromatic rings. The van der Waals surface area contributed by atoms with Crippen LogP contribution in [0.4, 0.5) is 0 Å². The van der Waals surface area contributed by atoms with Crippen LogP contribution in [0.3, 0.4) is 0 Å². The molecule has 170 valence electrons. The van der Waals surface area contributed by atoms with Gasteiger partial charge in [-0.3, -0.25) is 4.79 Å². The number of hydrogen-bond donors (Lipinski definition) is 2. The fraction of sp³-hybridized carbons (Fsp3) is 0.400. The summed E-state index contributed by atoms with van der Waals surface area (Å²) in [7, 11) is 0. The van der Waals surface area contributed by atoms with Gasteiger partial charge in [0, 0.05) is 12.3 Å². The molecule has 0 unspecified atom stereocenters. The van der Waals surface area contributed by atoms with Crippen molar-refractivity contribution in [3.8, 4) is 11.1 Å². The molecule has 0 amide bonds. The van der Waals surface area contributed by atoms with E-state index in [4.69, 9.17) is 15.2 Å². The van der Waals surface area contributed by atoms with Gasteiger partial charge in [0.1, 0.15) is 12.2 Å². The summed E-state index contributed by atoms with van der Waals surface area (Å²) >= 11 is 0. The van der Waals surface area contributed by atoms with E-state index in [1.54, 1.807) is 20.8 Å². The van der Waals surface area contributed by atoms with Crippen LogP contribution in [0.5, 0.6) is 0 Å². The van der Waals surface area contributed by atoms with Crippen LogP contribution in [-0.2, 0) is 23.9 Å². The third-order valence-electron chi connectivity index (χ3n) is 5.46. The second-order valence-electron chi connectivity index (χ2n) is 9.04. The van der Waals surface area contributed by atoms with Gasteiger partial charge in [-0.1, -0.05) is 48.5 Å². The van der Waals surface area contributed by atoms with E-state index >= 15 is 0 Å². The topological polar surface area (TPSA) is 116 Å². The maximum Gasteiger partial charge on any atom is 0.337 e. The van der Waals surface area contributed by atoms with Gasteiger partial charge < -0.3 is 20.3 Å². The van der Waals surface area contributed by atoms with Crippen molar-refractivity contribution in [2.75, 3.05) is 6.61 Å². The zero-order valence-electron chi connectivity index (χ0n) is 18.6. The Morgan fingerprint density at radius 1 is 0.969 bits per heavy atom. The van der Waals surface area contributed by atoms with Crippen molar-refractivity contribution in [3.63, 3.8) is 0 Å². The molecule has 0 heterocycles. The van der Waals surface area contributed by atoms with Gasteiger partial charge in [-0.2, -0.15) is 0 Å². The second-order valence-corrected chi connectivity index (χ2v) is 9.04. The smallest absolute Gasteiger partial charge is 0.337 e. The minimum atomic E-state index is -2.24. The summed E-state index contributed by atoms with van der Waals surface area (Å²) in [5.74, 6) is -3.18. The summed E-state index contributed by atoms with van der Waals surface area (Å²) in [6, 6.07) is 15.7. The molecule has 7 heteroatoms. The van der Waals surface area contributed by atoms with Crippen LogP contribution in [0, 0.1) is 0 Å². The van der Waals surface area contributed by atoms with Crippen molar-refractivity contribution < 1.29 is 29.0 Å². The highest BCUT2D eigenvalue weighted by molar-refractivity contribution is 6.03. The number of carbonyl (C=O) groups is 3. The van der Waals surface area contributed by atoms with Gasteiger partial charge in [0.25, 0.3) is 0 Å². The van der Waals surface area contributed by atoms with Crippen molar-refractivity contribution in [3.05, 3.63) is 59.7 Å². The molecule has 0 aliphatic heterocycles. The monoisotopic (exact) mass is 439 g/mol. The predicted molar refractivity (Wildman–Crippen MR) is 119 cm³/mol. The van der Waals surface area contributed by atoms with E-state index < -0.39 is 29.0 Å². The second kappa shape index (κ2) is 9.12. The van der Waals surface area contributed by atoms with Crippen molar-refractivity contribution in [1.29, 1.82) is 0 Å². The van der Waals surface area contributed by atoms with Crippen molar-refractivity contribution in [2.24, 2.45) is 5.73 Å². The van der Waals surface area contributed by atoms with Crippen molar-refractivity contribution in [2.45, 2.75) is 57.1 Å². The van der Waals surface area contributed by atoms with Crippen LogP contribution in [0.25, 0.3) is 11.1 Å². The highest BCUT2D eigenvalue weighted by Crippen LogP contribution is 2.44. The molecule has 1 aliphatic rings. The Morgan fingerprint density at radius 3 is 2.00 bits per heavy atom. The standard InChI is InChI=1S/C25H29NO6/c1-24(2,3)32-21(27)13-8-14-25(26,22(28)29)23(30)31-15-20-18-11-6-4-9-16(18)17-10-5-7-12-19(17)20/h4-7,9-12,20H,8,13-15,26H2,1-3H3,(H,28,29)/t25-/m0/s1. The Kier molecular flexibility index (Phi) is 6.69. The Bertz CT molecular complexity index is 980. The molecule has 0 fully saturated rings. The van der Waals surface area contributed by atoms with Crippen LogP contribution in [0.15, 0.2) is 48.5 Å². The van der Waals surface area contributed by atoms with Crippen LogP contribution in [0.2, 0.25) is 0 Å². The largest absolute Gasteiger partial charge is 0.479 e. The van der Waals surface area contributed by atoms with Crippen LogP contribution >= 0.6 is 0 Å². The maximum absolute atomic E-state index is 12.7. The Balaban J connectivity index is 1.67. The van der Waals surface area contributed by atoms with E-state index in [1.165, 1.54) is 0 Å². The number of carbonyl (C=O) groups excluding carboxylic acids is 2. The molecule has 0 bridgehead atoms. The minimum Gasteiger partial charge on any atom is -0.479 e. The Labute approximate surface area is 187 Å². The molecule has 0 aromatic heterocycles. The van der Waals surface area contributed by atoms with Gasteiger partial charge in [-0.25, -0.2) is 9.59 Å². The summed E-state index contributed by atoms with van der Waals surface area (Å²) in [6.07, 6.45) is -0.194. The van der Waals surface area contributed by atoms with Gasteiger partial charge in [0.05, 0.1) is 0 Å². The SMILES string of the molecule is CC(C)(C)OC(=O)CCC[C@](N)(C(=O)O)C(=O)OCC1c2ccccc2-c2ccccc21. The first-order valence-electron chi connectivity index (χ1n) is 10.6. The molecule has 0 saturated carbocycles. The predicted octanol–water partition coefficient (Wildman–Crippen LogP) is 3.64. The van der Waals surface area contributed by atoms with E-state index in [9.17, 15) is 19.5 Å². The van der Waals surface area contributed by atoms with E-state index in [-0.39, 0.29) is 31.8 Å². The van der Waals surface area contributed by atoms with E-state index in [1.807, 2.05) is 48.5 Å². The van der Waals surface area contributed by atoms with E-state index in [0.29, 0.717) is 0 Å². The lowest BCUT2D eigenvalue weighted by molar-refractivity contribution is -0.163. The van der Waals surface area contributed by atoms with Gasteiger partial charge in [0.15, 0.2) is 0 Å². The average molecular weight is 440 g/mol. The third kappa shape index (κ3) is 4.99. The lowest BCUT2D eigenvalue weighted by Crippen LogP contribution is -2.56. The number of fused-ring (bicyclic) bond motifs is 3. The summed E-state index contributed by atoms with van der Waals surface area (Å²) in [5.41, 5.74) is 7.24. The first-order chi connectivity index (χ1) is 15.0. The zero-order chi connectivity index (χ0) is 23.5. The van der Waals surface area contributed by atoms with Gasteiger partial charge in [0.2, 0.25) is 5.54 Å². The summed E-state index contributed by atoms with van der Waals surface area (Å²) in [6.45, 7) is 5.20. The molecule has 1 atom stereocenters. The molecule has 0 radical (unpaired) electrons. The number of benzene rings is 2. The number of nitrogens with two attached hydrogens (primary N) is 1. The number of esters is 2. The number of aliphatic carboxylic acids is 1. The molecule has 3 rings (SSSR count). The lowest BCUT2D eigenvalue weighted by Gasteiger charge is -2.24. The average Bonchev–Trinajstić information content (AvgIpc) is 3.04. The van der Waals surface area contributed by atoms with Gasteiger partial charge >= 0.3 is 17.9 Å². The number of carboxylic acids is 1. The summed E-state index contributed by atoms with van der Waals surface area (Å²) < 4.78 is 10.7. The Hall–Kier alpha value is -3.19. The zero-order valence-corrected chi connectivity index (χ0v) is 18.6. The fourth-order valence-corrected chi connectivity index (χ4v) is 3.93. The molecule has 2 aromatic carbocycles. The third-order valence-corrected chi connectivity index (χ3v) is 5.46. The number of carboxylic acid groups (broad SMARTS) is 1. The minimum absolute atomic E-state index is 0.0227. The number of rotatable bonds is 8. The summed E-state index contributed by atoms with van der Waals surface area (Å²) in [4.78, 5) is 36.5. The molecular formula is C25H29NO6. The van der Waals surface area contributed by atoms with Crippen LogP contribution in [0.1, 0.15) is 57.1 Å². The fourth-order valence-electron chi connectivity index (χ4n) is 3.93.